The number of nitrogen functional groups attached to an aromatic ring is 1. The predicted molar refractivity (Wildman–Crippen MR) is 71.4 cm³/mol. The zero-order valence-electron chi connectivity index (χ0n) is 10.8. The van der Waals surface area contributed by atoms with E-state index in [1.165, 1.54) is 0 Å². The lowest BCUT2D eigenvalue weighted by Crippen LogP contribution is -2.07. The minimum absolute atomic E-state index is 0.225. The van der Waals surface area contributed by atoms with Gasteiger partial charge in [-0.1, -0.05) is 6.42 Å². The Morgan fingerprint density at radius 2 is 1.94 bits per heavy atom. The maximum absolute atomic E-state index is 11.7. The topological polar surface area (TPSA) is 72.6 Å². The molecule has 0 fully saturated rings. The van der Waals surface area contributed by atoms with Crippen LogP contribution in [0.4, 0.5) is 5.69 Å². The van der Waals surface area contributed by atoms with Gasteiger partial charge in [-0.2, -0.15) is 0 Å². The van der Waals surface area contributed by atoms with Gasteiger partial charge in [-0.3, -0.25) is 0 Å². The number of carbonyl (C=O) groups is 1. The van der Waals surface area contributed by atoms with Crippen LogP contribution in [0.2, 0.25) is 0 Å². The number of benzene rings is 1. The highest BCUT2D eigenvalue weighted by molar-refractivity contribution is 5.90. The molecule has 0 aliphatic heterocycles. The molecule has 1 aromatic carbocycles. The van der Waals surface area contributed by atoms with E-state index in [0.717, 1.165) is 31.2 Å². The molecule has 0 amide bonds. The Hall–Kier alpha value is -1.55. The first-order valence-corrected chi connectivity index (χ1v) is 6.28. The average Bonchev–Trinajstić information content (AvgIpc) is 2.32. The van der Waals surface area contributed by atoms with Crippen molar-refractivity contribution in [2.75, 3.05) is 18.9 Å². The predicted octanol–water partition coefficient (Wildman–Crippen LogP) is 2.29. The molecule has 100 valence electrons. The molecular formula is C14H21NO3. The smallest absolute Gasteiger partial charge is 0.338 e. The molecule has 0 aromatic heterocycles. The summed E-state index contributed by atoms with van der Waals surface area (Å²) in [5.41, 5.74) is 7.70. The number of rotatable bonds is 7. The molecule has 1 aromatic rings. The van der Waals surface area contributed by atoms with Gasteiger partial charge in [-0.15, -0.1) is 0 Å². The second kappa shape index (κ2) is 7.71. The van der Waals surface area contributed by atoms with Gasteiger partial charge in [-0.25, -0.2) is 4.79 Å². The van der Waals surface area contributed by atoms with Crippen LogP contribution >= 0.6 is 0 Å². The summed E-state index contributed by atoms with van der Waals surface area (Å²) >= 11 is 0. The third-order valence-electron chi connectivity index (χ3n) is 2.62. The number of aliphatic hydroxyl groups excluding tert-OH is 1. The molecule has 18 heavy (non-hydrogen) atoms. The van der Waals surface area contributed by atoms with E-state index in [1.54, 1.807) is 12.1 Å². The van der Waals surface area contributed by atoms with E-state index in [1.807, 2.05) is 13.0 Å². The maximum Gasteiger partial charge on any atom is 0.338 e. The monoisotopic (exact) mass is 251 g/mol. The van der Waals surface area contributed by atoms with Crippen molar-refractivity contribution in [3.8, 4) is 0 Å². The second-order valence-corrected chi connectivity index (χ2v) is 4.41. The molecule has 0 bridgehead atoms. The molecule has 3 N–H and O–H groups in total. The first kappa shape index (κ1) is 14.5. The Balaban J connectivity index is 2.32. The molecule has 0 aliphatic carbocycles. The Kier molecular flexibility index (Phi) is 6.22. The Morgan fingerprint density at radius 3 is 2.61 bits per heavy atom. The van der Waals surface area contributed by atoms with E-state index in [-0.39, 0.29) is 12.6 Å². The summed E-state index contributed by atoms with van der Waals surface area (Å²) in [7, 11) is 0. The van der Waals surface area contributed by atoms with E-state index >= 15 is 0 Å². The van der Waals surface area contributed by atoms with Crippen molar-refractivity contribution < 1.29 is 14.6 Å². The largest absolute Gasteiger partial charge is 0.462 e. The fraction of sp³-hybridized carbons (Fsp3) is 0.500. The van der Waals surface area contributed by atoms with Crippen molar-refractivity contribution in [1.29, 1.82) is 0 Å². The number of ether oxygens (including phenoxy) is 1. The number of hydrogen-bond acceptors (Lipinski definition) is 4. The standard InChI is InChI=1S/C14H21NO3/c1-11-8-12(10-13(15)9-11)14(17)18-7-5-3-2-4-6-16/h8-10,16H,2-7,15H2,1H3. The fourth-order valence-corrected chi connectivity index (χ4v) is 1.75. The van der Waals surface area contributed by atoms with Crippen molar-refractivity contribution >= 4 is 11.7 Å². The lowest BCUT2D eigenvalue weighted by atomic mass is 10.1. The highest BCUT2D eigenvalue weighted by Gasteiger charge is 2.07. The van der Waals surface area contributed by atoms with Crippen LogP contribution < -0.4 is 5.73 Å². The van der Waals surface area contributed by atoms with Gasteiger partial charge in [0.05, 0.1) is 12.2 Å². The first-order valence-electron chi connectivity index (χ1n) is 6.28. The summed E-state index contributed by atoms with van der Waals surface area (Å²) in [5, 5.41) is 8.61. The zero-order valence-corrected chi connectivity index (χ0v) is 10.8. The minimum atomic E-state index is -0.326. The SMILES string of the molecule is Cc1cc(N)cc(C(=O)OCCCCCCO)c1. The molecule has 0 saturated heterocycles. The van der Waals surface area contributed by atoms with Crippen LogP contribution in [0.15, 0.2) is 18.2 Å². The van der Waals surface area contributed by atoms with Crippen LogP contribution in [0.5, 0.6) is 0 Å². The molecule has 4 heteroatoms. The highest BCUT2D eigenvalue weighted by atomic mass is 16.5. The van der Waals surface area contributed by atoms with Crippen LogP contribution in [0, 0.1) is 6.92 Å². The molecule has 0 heterocycles. The molecule has 0 unspecified atom stereocenters. The number of nitrogens with two attached hydrogens (primary N) is 1. The van der Waals surface area contributed by atoms with Gasteiger partial charge >= 0.3 is 5.97 Å². The third-order valence-corrected chi connectivity index (χ3v) is 2.62. The zero-order chi connectivity index (χ0) is 13.4. The molecular weight excluding hydrogens is 230 g/mol. The number of aliphatic hydroxyl groups is 1. The molecule has 1 rings (SSSR count). The average molecular weight is 251 g/mol. The quantitative estimate of drug-likeness (QED) is 0.443. The highest BCUT2D eigenvalue weighted by Crippen LogP contribution is 2.12. The second-order valence-electron chi connectivity index (χ2n) is 4.41. The van der Waals surface area contributed by atoms with Crippen LogP contribution in [-0.4, -0.2) is 24.3 Å². The summed E-state index contributed by atoms with van der Waals surface area (Å²) in [5.74, 6) is -0.326. The van der Waals surface area contributed by atoms with E-state index in [9.17, 15) is 4.79 Å². The van der Waals surface area contributed by atoms with Crippen LogP contribution in [-0.2, 0) is 4.74 Å². The van der Waals surface area contributed by atoms with Gasteiger partial charge < -0.3 is 15.6 Å². The van der Waals surface area contributed by atoms with Crippen molar-refractivity contribution in [2.24, 2.45) is 0 Å². The third kappa shape index (κ3) is 5.19. The molecule has 0 spiro atoms. The Morgan fingerprint density at radius 1 is 1.22 bits per heavy atom. The molecule has 0 aliphatic rings. The van der Waals surface area contributed by atoms with Gasteiger partial charge in [0.1, 0.15) is 0 Å². The fourth-order valence-electron chi connectivity index (χ4n) is 1.75. The molecule has 0 radical (unpaired) electrons. The van der Waals surface area contributed by atoms with Crippen molar-refractivity contribution in [2.45, 2.75) is 32.6 Å². The lowest BCUT2D eigenvalue weighted by molar-refractivity contribution is 0.0497. The van der Waals surface area contributed by atoms with Gasteiger partial charge in [0.15, 0.2) is 0 Å². The van der Waals surface area contributed by atoms with Crippen LogP contribution in [0.3, 0.4) is 0 Å². The van der Waals surface area contributed by atoms with Crippen LogP contribution in [0.1, 0.15) is 41.6 Å². The van der Waals surface area contributed by atoms with Crippen LogP contribution in [0.25, 0.3) is 0 Å². The summed E-state index contributed by atoms with van der Waals surface area (Å²) in [6.45, 7) is 2.53. The number of anilines is 1. The summed E-state index contributed by atoms with van der Waals surface area (Å²) in [4.78, 5) is 11.7. The molecule has 4 nitrogen and oxygen atoms in total. The summed E-state index contributed by atoms with van der Waals surface area (Å²) in [6, 6.07) is 5.21. The Bertz CT molecular complexity index is 370. The number of aryl methyl sites for hydroxylation is 1. The van der Waals surface area contributed by atoms with E-state index in [4.69, 9.17) is 15.6 Å². The van der Waals surface area contributed by atoms with E-state index in [0.29, 0.717) is 17.9 Å². The summed E-state index contributed by atoms with van der Waals surface area (Å²) in [6.07, 6.45) is 3.56. The van der Waals surface area contributed by atoms with Crippen molar-refractivity contribution in [1.82, 2.24) is 0 Å². The number of carbonyl (C=O) groups excluding carboxylic acids is 1. The van der Waals surface area contributed by atoms with E-state index in [2.05, 4.69) is 0 Å². The number of esters is 1. The maximum atomic E-state index is 11.7. The molecule has 0 atom stereocenters. The van der Waals surface area contributed by atoms with Gasteiger partial charge in [0.25, 0.3) is 0 Å². The van der Waals surface area contributed by atoms with Gasteiger partial charge in [-0.05, 0) is 49.9 Å². The number of hydrogen-bond donors (Lipinski definition) is 2. The Labute approximate surface area is 108 Å². The van der Waals surface area contributed by atoms with Gasteiger partial charge in [0, 0.05) is 12.3 Å². The van der Waals surface area contributed by atoms with Crippen molar-refractivity contribution in [3.05, 3.63) is 29.3 Å². The van der Waals surface area contributed by atoms with Gasteiger partial charge in [0.2, 0.25) is 0 Å². The van der Waals surface area contributed by atoms with E-state index < -0.39 is 0 Å². The normalized spacial score (nSPS) is 10.3. The lowest BCUT2D eigenvalue weighted by Gasteiger charge is -2.06. The minimum Gasteiger partial charge on any atom is -0.462 e. The molecule has 0 saturated carbocycles. The van der Waals surface area contributed by atoms with Crippen molar-refractivity contribution in [3.63, 3.8) is 0 Å². The number of unbranched alkanes of at least 4 members (excludes halogenated alkanes) is 3. The summed E-state index contributed by atoms with van der Waals surface area (Å²) < 4.78 is 5.16. The first-order chi connectivity index (χ1) is 8.63.